The fraction of sp³-hybridized carbons (Fsp3) is 0.0323. The minimum absolute atomic E-state index is 0.917. The van der Waals surface area contributed by atoms with Crippen LogP contribution in [0.15, 0.2) is 112 Å². The van der Waals surface area contributed by atoms with Gasteiger partial charge in [-0.25, -0.2) is 0 Å². The lowest BCUT2D eigenvalue weighted by Gasteiger charge is -2.13. The van der Waals surface area contributed by atoms with Crippen molar-refractivity contribution >= 4 is 43.9 Å². The van der Waals surface area contributed by atoms with E-state index in [2.05, 4.69) is 85.8 Å². The Balaban J connectivity index is 1.49. The number of furan rings is 2. The van der Waals surface area contributed by atoms with Crippen molar-refractivity contribution in [2.24, 2.45) is 0 Å². The van der Waals surface area contributed by atoms with E-state index in [4.69, 9.17) is 8.83 Å². The zero-order valence-electron chi connectivity index (χ0n) is 18.1. The molecule has 2 heteroatoms. The summed E-state index contributed by atoms with van der Waals surface area (Å²) in [6.45, 7) is 2.19. The van der Waals surface area contributed by atoms with Crippen LogP contribution >= 0.6 is 0 Å². The summed E-state index contributed by atoms with van der Waals surface area (Å²) in [5.74, 6) is 0. The third-order valence-electron chi connectivity index (χ3n) is 6.72. The molecule has 0 fully saturated rings. The molecule has 0 radical (unpaired) electrons. The Labute approximate surface area is 190 Å². The zero-order chi connectivity index (χ0) is 21.9. The van der Waals surface area contributed by atoms with Crippen LogP contribution < -0.4 is 0 Å². The lowest BCUT2D eigenvalue weighted by molar-refractivity contribution is 0.670. The summed E-state index contributed by atoms with van der Waals surface area (Å²) in [5, 5.41) is 4.59. The van der Waals surface area contributed by atoms with Crippen molar-refractivity contribution in [2.45, 2.75) is 6.92 Å². The van der Waals surface area contributed by atoms with Gasteiger partial charge in [0.2, 0.25) is 0 Å². The molecule has 0 saturated heterocycles. The molecule has 0 aliphatic rings. The Morgan fingerprint density at radius 2 is 0.788 bits per heavy atom. The topological polar surface area (TPSA) is 26.3 Å². The molecular formula is C31H20O2. The van der Waals surface area contributed by atoms with Crippen LogP contribution in [-0.4, -0.2) is 0 Å². The van der Waals surface area contributed by atoms with Gasteiger partial charge in [0.1, 0.15) is 22.3 Å². The average Bonchev–Trinajstić information content (AvgIpc) is 3.43. The van der Waals surface area contributed by atoms with Gasteiger partial charge in [-0.3, -0.25) is 0 Å². The normalized spacial score (nSPS) is 11.8. The number of hydrogen-bond acceptors (Lipinski definition) is 2. The van der Waals surface area contributed by atoms with Crippen molar-refractivity contribution < 1.29 is 8.83 Å². The first kappa shape index (κ1) is 18.3. The molecule has 0 N–H and O–H groups in total. The van der Waals surface area contributed by atoms with E-state index in [1.54, 1.807) is 0 Å². The number of fused-ring (bicyclic) bond motifs is 6. The molecule has 0 spiro atoms. The second kappa shape index (κ2) is 6.85. The van der Waals surface area contributed by atoms with Gasteiger partial charge in [-0.05, 0) is 35.7 Å². The first-order valence-corrected chi connectivity index (χ1v) is 11.2. The van der Waals surface area contributed by atoms with Gasteiger partial charge in [-0.2, -0.15) is 0 Å². The van der Waals surface area contributed by atoms with Gasteiger partial charge in [-0.1, -0.05) is 91.0 Å². The Morgan fingerprint density at radius 1 is 0.394 bits per heavy atom. The monoisotopic (exact) mass is 424 g/mol. The van der Waals surface area contributed by atoms with Gasteiger partial charge >= 0.3 is 0 Å². The van der Waals surface area contributed by atoms with Crippen LogP contribution in [0.4, 0.5) is 0 Å². The smallest absolute Gasteiger partial charge is 0.143 e. The van der Waals surface area contributed by atoms with E-state index < -0.39 is 0 Å². The van der Waals surface area contributed by atoms with Gasteiger partial charge in [0, 0.05) is 32.7 Å². The largest absolute Gasteiger partial charge is 0.455 e. The Bertz CT molecular complexity index is 1700. The van der Waals surface area contributed by atoms with Gasteiger partial charge in [0.25, 0.3) is 0 Å². The third kappa shape index (κ3) is 2.61. The summed E-state index contributed by atoms with van der Waals surface area (Å²) in [5.41, 5.74) is 9.47. The quantitative estimate of drug-likeness (QED) is 0.276. The maximum atomic E-state index is 6.33. The second-order valence-corrected chi connectivity index (χ2v) is 8.54. The zero-order valence-corrected chi connectivity index (χ0v) is 18.1. The van der Waals surface area contributed by atoms with E-state index >= 15 is 0 Å². The number of hydrogen-bond donors (Lipinski definition) is 0. The van der Waals surface area contributed by atoms with E-state index in [0.29, 0.717) is 0 Å². The molecule has 0 saturated carbocycles. The molecule has 2 nitrogen and oxygen atoms in total. The predicted octanol–water partition coefficient (Wildman–Crippen LogP) is 9.13. The van der Waals surface area contributed by atoms with Crippen molar-refractivity contribution in [3.8, 4) is 22.3 Å². The highest BCUT2D eigenvalue weighted by Gasteiger charge is 2.17. The molecule has 0 amide bonds. The molecule has 0 bridgehead atoms. The molecule has 156 valence electrons. The fourth-order valence-electron chi connectivity index (χ4n) is 5.14. The van der Waals surface area contributed by atoms with E-state index in [1.807, 2.05) is 24.3 Å². The average molecular weight is 424 g/mol. The SMILES string of the molecule is Cc1c(-c2cccc3c2oc2ccccc23)cccc1-c1cccc2c1oc1ccccc12. The minimum atomic E-state index is 0.917. The molecule has 2 aromatic heterocycles. The van der Waals surface area contributed by atoms with E-state index in [9.17, 15) is 0 Å². The van der Waals surface area contributed by atoms with Crippen LogP contribution in [0.25, 0.3) is 66.1 Å². The number of rotatable bonds is 2. The highest BCUT2D eigenvalue weighted by molar-refractivity contribution is 6.11. The summed E-state index contributed by atoms with van der Waals surface area (Å²) >= 11 is 0. The van der Waals surface area contributed by atoms with Crippen LogP contribution in [0.2, 0.25) is 0 Å². The van der Waals surface area contributed by atoms with Gasteiger partial charge in [0.15, 0.2) is 0 Å². The lowest BCUT2D eigenvalue weighted by Crippen LogP contribution is -1.89. The minimum Gasteiger partial charge on any atom is -0.455 e. The molecule has 0 aliphatic carbocycles. The van der Waals surface area contributed by atoms with Crippen LogP contribution in [0, 0.1) is 6.92 Å². The summed E-state index contributed by atoms with van der Waals surface area (Å²) in [6.07, 6.45) is 0. The summed E-state index contributed by atoms with van der Waals surface area (Å²) in [6, 6.07) is 35.8. The lowest BCUT2D eigenvalue weighted by atomic mass is 9.91. The molecule has 0 aliphatic heterocycles. The summed E-state index contributed by atoms with van der Waals surface area (Å²) in [4.78, 5) is 0. The first-order chi connectivity index (χ1) is 16.3. The number of para-hydroxylation sites is 4. The highest BCUT2D eigenvalue weighted by Crippen LogP contribution is 2.41. The molecule has 2 heterocycles. The van der Waals surface area contributed by atoms with E-state index in [1.165, 1.54) is 16.7 Å². The predicted molar refractivity (Wildman–Crippen MR) is 137 cm³/mol. The van der Waals surface area contributed by atoms with Gasteiger partial charge < -0.3 is 8.83 Å². The van der Waals surface area contributed by atoms with Crippen molar-refractivity contribution in [3.63, 3.8) is 0 Å². The Morgan fingerprint density at radius 3 is 1.30 bits per heavy atom. The van der Waals surface area contributed by atoms with Crippen molar-refractivity contribution in [1.82, 2.24) is 0 Å². The maximum Gasteiger partial charge on any atom is 0.143 e. The molecular weight excluding hydrogens is 404 g/mol. The Hall–Kier alpha value is -4.30. The molecule has 7 rings (SSSR count). The molecule has 33 heavy (non-hydrogen) atoms. The van der Waals surface area contributed by atoms with Gasteiger partial charge in [-0.15, -0.1) is 0 Å². The van der Waals surface area contributed by atoms with Crippen LogP contribution in [0.3, 0.4) is 0 Å². The fourth-order valence-corrected chi connectivity index (χ4v) is 5.14. The molecule has 5 aromatic carbocycles. The van der Waals surface area contributed by atoms with Crippen LogP contribution in [0.5, 0.6) is 0 Å². The third-order valence-corrected chi connectivity index (χ3v) is 6.72. The first-order valence-electron chi connectivity index (χ1n) is 11.2. The molecule has 0 unspecified atom stereocenters. The highest BCUT2D eigenvalue weighted by atomic mass is 16.3. The van der Waals surface area contributed by atoms with E-state index in [0.717, 1.165) is 55.0 Å². The second-order valence-electron chi connectivity index (χ2n) is 8.54. The summed E-state index contributed by atoms with van der Waals surface area (Å²) < 4.78 is 12.7. The van der Waals surface area contributed by atoms with Crippen molar-refractivity contribution in [3.05, 3.63) is 109 Å². The van der Waals surface area contributed by atoms with Crippen LogP contribution in [0.1, 0.15) is 5.56 Å². The van der Waals surface area contributed by atoms with Crippen LogP contribution in [-0.2, 0) is 0 Å². The molecule has 7 aromatic rings. The summed E-state index contributed by atoms with van der Waals surface area (Å²) in [7, 11) is 0. The number of benzene rings is 5. The van der Waals surface area contributed by atoms with Crippen molar-refractivity contribution in [2.75, 3.05) is 0 Å². The Kier molecular flexibility index (Phi) is 3.80. The molecule has 0 atom stereocenters. The van der Waals surface area contributed by atoms with Crippen molar-refractivity contribution in [1.29, 1.82) is 0 Å². The van der Waals surface area contributed by atoms with E-state index in [-0.39, 0.29) is 0 Å². The maximum absolute atomic E-state index is 6.33. The standard InChI is InChI=1S/C31H20O2/c1-19-20(24-13-7-15-26-22-9-2-4-17-28(22)32-30(24)26)11-6-12-21(19)25-14-8-16-27-23-10-3-5-18-29(23)33-31(25)27/h2-18H,1H3. The van der Waals surface area contributed by atoms with Gasteiger partial charge in [0.05, 0.1) is 0 Å².